The number of nitrogens with one attached hydrogen (secondary N) is 2. The van der Waals surface area contributed by atoms with Gasteiger partial charge in [0.25, 0.3) is 0 Å². The Bertz CT molecular complexity index is 1130. The Balaban J connectivity index is 1.48. The van der Waals surface area contributed by atoms with Gasteiger partial charge in [0, 0.05) is 42.6 Å². The van der Waals surface area contributed by atoms with Crippen molar-refractivity contribution >= 4 is 17.0 Å². The first-order valence-corrected chi connectivity index (χ1v) is 12.2. The van der Waals surface area contributed by atoms with E-state index in [0.717, 1.165) is 61.2 Å². The van der Waals surface area contributed by atoms with Crippen LogP contribution in [-0.4, -0.2) is 30.6 Å². The lowest BCUT2D eigenvalue weighted by Crippen LogP contribution is -2.42. The minimum atomic E-state index is 0.133. The average Bonchev–Trinajstić information content (AvgIpc) is 2.98. The number of anilines is 1. The topological polar surface area (TPSA) is 77.1 Å². The SMILES string of the molecule is C/C(N)=C1/NCCC(Nc2cccc(C#N)c2)c2cc(C3=CCN(C4CCC4)CC3)ccc21. The van der Waals surface area contributed by atoms with Crippen LogP contribution in [0.5, 0.6) is 0 Å². The molecule has 1 fully saturated rings. The summed E-state index contributed by atoms with van der Waals surface area (Å²) in [5, 5.41) is 16.5. The number of nitriles is 1. The molecule has 1 aliphatic carbocycles. The molecule has 1 unspecified atom stereocenters. The Labute approximate surface area is 197 Å². The largest absolute Gasteiger partial charge is 0.401 e. The van der Waals surface area contributed by atoms with E-state index in [1.165, 1.54) is 36.0 Å². The van der Waals surface area contributed by atoms with E-state index in [9.17, 15) is 5.26 Å². The second-order valence-corrected chi connectivity index (χ2v) is 9.52. The number of nitrogens with two attached hydrogens (primary N) is 1. The number of benzene rings is 2. The van der Waals surface area contributed by atoms with E-state index in [2.05, 4.69) is 45.9 Å². The second kappa shape index (κ2) is 9.33. The minimum Gasteiger partial charge on any atom is -0.401 e. The van der Waals surface area contributed by atoms with Crippen LogP contribution in [0, 0.1) is 11.3 Å². The second-order valence-electron chi connectivity index (χ2n) is 9.52. The van der Waals surface area contributed by atoms with E-state index < -0.39 is 0 Å². The third kappa shape index (κ3) is 4.49. The zero-order valence-electron chi connectivity index (χ0n) is 19.4. The zero-order valence-corrected chi connectivity index (χ0v) is 19.4. The number of rotatable bonds is 4. The summed E-state index contributed by atoms with van der Waals surface area (Å²) in [4.78, 5) is 2.64. The Morgan fingerprint density at radius 2 is 2.06 bits per heavy atom. The molecule has 0 aromatic heterocycles. The van der Waals surface area contributed by atoms with Crippen molar-refractivity contribution in [1.82, 2.24) is 10.2 Å². The summed E-state index contributed by atoms with van der Waals surface area (Å²) in [6.07, 6.45) is 8.58. The molecular weight excluding hydrogens is 406 g/mol. The van der Waals surface area contributed by atoms with Gasteiger partial charge in [-0.1, -0.05) is 30.7 Å². The van der Waals surface area contributed by atoms with E-state index in [-0.39, 0.29) is 6.04 Å². The van der Waals surface area contributed by atoms with Crippen molar-refractivity contribution in [2.24, 2.45) is 5.73 Å². The predicted octanol–water partition coefficient (Wildman–Crippen LogP) is 4.99. The number of hydrogen-bond donors (Lipinski definition) is 3. The van der Waals surface area contributed by atoms with Gasteiger partial charge in [0.2, 0.25) is 0 Å². The molecule has 0 bridgehead atoms. The highest BCUT2D eigenvalue weighted by molar-refractivity contribution is 5.75. The lowest BCUT2D eigenvalue weighted by molar-refractivity contribution is 0.141. The fourth-order valence-electron chi connectivity index (χ4n) is 5.28. The van der Waals surface area contributed by atoms with E-state index in [4.69, 9.17) is 5.73 Å². The quantitative estimate of drug-likeness (QED) is 0.625. The standard InChI is InChI=1S/C28H33N5/c1-19(30)28-25-9-8-22(21-11-14-33(15-12-21)24-6-3-7-24)17-26(25)27(10-13-31-28)32-23-5-2-4-20(16-23)18-29/h2,4-5,8-9,11,16-17,24,27,31-32H,3,6-7,10,12-15,30H2,1H3/b28-19-. The third-order valence-electron chi connectivity index (χ3n) is 7.36. The molecule has 0 amide bonds. The van der Waals surface area contributed by atoms with Crippen LogP contribution in [0.4, 0.5) is 5.69 Å². The first-order chi connectivity index (χ1) is 16.1. The van der Waals surface area contributed by atoms with Crippen molar-refractivity contribution in [3.05, 3.63) is 76.5 Å². The van der Waals surface area contributed by atoms with E-state index in [1.54, 1.807) is 0 Å². The molecule has 2 aliphatic heterocycles. The van der Waals surface area contributed by atoms with Crippen LogP contribution in [0.15, 0.2) is 54.2 Å². The summed E-state index contributed by atoms with van der Waals surface area (Å²) < 4.78 is 0. The van der Waals surface area contributed by atoms with Gasteiger partial charge in [-0.25, -0.2) is 0 Å². The van der Waals surface area contributed by atoms with Crippen molar-refractivity contribution in [1.29, 1.82) is 5.26 Å². The molecule has 0 radical (unpaired) electrons. The fourth-order valence-corrected chi connectivity index (χ4v) is 5.28. The first-order valence-electron chi connectivity index (χ1n) is 12.2. The Hall–Kier alpha value is -3.23. The maximum Gasteiger partial charge on any atom is 0.0992 e. The summed E-state index contributed by atoms with van der Waals surface area (Å²) in [5.74, 6) is 0. The molecular formula is C28H33N5. The van der Waals surface area contributed by atoms with Crippen LogP contribution < -0.4 is 16.4 Å². The smallest absolute Gasteiger partial charge is 0.0992 e. The van der Waals surface area contributed by atoms with Gasteiger partial charge in [-0.3, -0.25) is 4.90 Å². The highest BCUT2D eigenvalue weighted by Crippen LogP contribution is 2.36. The summed E-state index contributed by atoms with van der Waals surface area (Å²) >= 11 is 0. The average molecular weight is 440 g/mol. The number of hydrogen-bond acceptors (Lipinski definition) is 5. The Morgan fingerprint density at radius 3 is 2.76 bits per heavy atom. The molecule has 1 saturated carbocycles. The highest BCUT2D eigenvalue weighted by atomic mass is 15.2. The molecule has 1 atom stereocenters. The lowest BCUT2D eigenvalue weighted by atomic mass is 9.88. The first kappa shape index (κ1) is 21.6. The zero-order chi connectivity index (χ0) is 22.8. The Kier molecular flexibility index (Phi) is 6.11. The summed E-state index contributed by atoms with van der Waals surface area (Å²) in [6, 6.07) is 17.8. The van der Waals surface area contributed by atoms with Gasteiger partial charge in [0.05, 0.1) is 23.4 Å². The summed E-state index contributed by atoms with van der Waals surface area (Å²) in [7, 11) is 0. The third-order valence-corrected chi connectivity index (χ3v) is 7.36. The van der Waals surface area contributed by atoms with Crippen LogP contribution >= 0.6 is 0 Å². The van der Waals surface area contributed by atoms with Gasteiger partial charge in [-0.05, 0) is 73.6 Å². The maximum absolute atomic E-state index is 9.30. The van der Waals surface area contributed by atoms with Gasteiger partial charge in [-0.2, -0.15) is 5.26 Å². The molecule has 3 aliphatic rings. The number of allylic oxidation sites excluding steroid dienone is 1. The fraction of sp³-hybridized carbons (Fsp3) is 0.393. The van der Waals surface area contributed by atoms with E-state index >= 15 is 0 Å². The molecule has 5 heteroatoms. The van der Waals surface area contributed by atoms with Crippen molar-refractivity contribution < 1.29 is 0 Å². The molecule has 33 heavy (non-hydrogen) atoms. The van der Waals surface area contributed by atoms with Gasteiger partial charge in [0.15, 0.2) is 0 Å². The normalized spacial score (nSPS) is 22.7. The summed E-state index contributed by atoms with van der Waals surface area (Å²) in [6.45, 7) is 5.02. The van der Waals surface area contributed by atoms with Crippen molar-refractivity contribution in [3.8, 4) is 6.07 Å². The number of nitrogens with zero attached hydrogens (tertiary/aromatic N) is 2. The van der Waals surface area contributed by atoms with Gasteiger partial charge in [0.1, 0.15) is 0 Å². The molecule has 0 saturated heterocycles. The molecule has 5 rings (SSSR count). The molecule has 2 aromatic carbocycles. The van der Waals surface area contributed by atoms with Gasteiger partial charge in [-0.15, -0.1) is 0 Å². The van der Waals surface area contributed by atoms with Crippen molar-refractivity contribution in [2.75, 3.05) is 25.0 Å². The van der Waals surface area contributed by atoms with E-state index in [1.807, 2.05) is 31.2 Å². The van der Waals surface area contributed by atoms with Gasteiger partial charge >= 0.3 is 0 Å². The highest BCUT2D eigenvalue weighted by Gasteiger charge is 2.27. The maximum atomic E-state index is 9.30. The van der Waals surface area contributed by atoms with Crippen LogP contribution in [0.25, 0.3) is 11.3 Å². The summed E-state index contributed by atoms with van der Waals surface area (Å²) in [5.41, 5.74) is 14.9. The van der Waals surface area contributed by atoms with Crippen molar-refractivity contribution in [2.45, 2.75) is 51.1 Å². The molecule has 2 heterocycles. The van der Waals surface area contributed by atoms with Gasteiger partial charge < -0.3 is 16.4 Å². The molecule has 4 N–H and O–H groups in total. The lowest BCUT2D eigenvalue weighted by Gasteiger charge is -2.39. The molecule has 0 spiro atoms. The van der Waals surface area contributed by atoms with Crippen LogP contribution in [-0.2, 0) is 0 Å². The molecule has 5 nitrogen and oxygen atoms in total. The van der Waals surface area contributed by atoms with Crippen LogP contribution in [0.2, 0.25) is 0 Å². The Morgan fingerprint density at radius 1 is 1.18 bits per heavy atom. The van der Waals surface area contributed by atoms with Crippen molar-refractivity contribution in [3.63, 3.8) is 0 Å². The predicted molar refractivity (Wildman–Crippen MR) is 135 cm³/mol. The monoisotopic (exact) mass is 439 g/mol. The number of fused-ring (bicyclic) bond motifs is 1. The minimum absolute atomic E-state index is 0.133. The van der Waals surface area contributed by atoms with Crippen LogP contribution in [0.3, 0.4) is 0 Å². The van der Waals surface area contributed by atoms with E-state index in [0.29, 0.717) is 5.56 Å². The molecule has 2 aromatic rings. The van der Waals surface area contributed by atoms with Crippen LogP contribution in [0.1, 0.15) is 67.3 Å². The molecule has 170 valence electrons.